The van der Waals surface area contributed by atoms with E-state index in [0.717, 1.165) is 12.2 Å². The molecule has 90 valence electrons. The van der Waals surface area contributed by atoms with Crippen molar-refractivity contribution in [3.63, 3.8) is 0 Å². The number of nitrogens with one attached hydrogen (secondary N) is 1. The van der Waals surface area contributed by atoms with E-state index in [1.54, 1.807) is 11.8 Å². The zero-order valence-electron chi connectivity index (χ0n) is 9.72. The third kappa shape index (κ3) is 4.33. The second-order valence-electron chi connectivity index (χ2n) is 3.57. The van der Waals surface area contributed by atoms with E-state index in [0.29, 0.717) is 0 Å². The largest absolute Gasteiger partial charge is 0.381 e. The van der Waals surface area contributed by atoms with E-state index in [1.165, 1.54) is 10.5 Å². The van der Waals surface area contributed by atoms with Gasteiger partial charge in [0.15, 0.2) is 0 Å². The first-order valence-corrected chi connectivity index (χ1v) is 6.53. The van der Waals surface area contributed by atoms with Crippen molar-refractivity contribution in [2.75, 3.05) is 11.6 Å². The first-order chi connectivity index (χ1) is 7.88. The molecular weight excluding hydrogens is 250 g/mol. The molecule has 0 bridgehead atoms. The molecule has 0 atom stereocenters. The Hall–Kier alpha value is -1.12. The van der Waals surface area contributed by atoms with E-state index in [9.17, 15) is 0 Å². The number of para-hydroxylation sites is 1. The van der Waals surface area contributed by atoms with Gasteiger partial charge in [-0.1, -0.05) is 30.3 Å². The fraction of sp³-hybridized carbons (Fsp3) is 0.143. The van der Waals surface area contributed by atoms with Crippen LogP contribution >= 0.6 is 24.2 Å². The summed E-state index contributed by atoms with van der Waals surface area (Å²) >= 11 is 1.77. The van der Waals surface area contributed by atoms with Crippen LogP contribution < -0.4 is 5.32 Å². The minimum atomic E-state index is 0. The molecule has 1 nitrogen and oxygen atoms in total. The summed E-state index contributed by atoms with van der Waals surface area (Å²) in [4.78, 5) is 1.31. The maximum Gasteiger partial charge on any atom is 0.0400 e. The molecule has 0 aliphatic heterocycles. The Bertz CT molecular complexity index is 428. The zero-order valence-corrected chi connectivity index (χ0v) is 11.4. The van der Waals surface area contributed by atoms with Crippen LogP contribution in [0, 0.1) is 0 Å². The molecule has 0 aliphatic carbocycles. The van der Waals surface area contributed by atoms with E-state index in [-0.39, 0.29) is 12.4 Å². The predicted octanol–water partition coefficient (Wildman–Crippen LogP) is 4.44. The van der Waals surface area contributed by atoms with Crippen LogP contribution in [0.15, 0.2) is 59.5 Å². The van der Waals surface area contributed by atoms with Gasteiger partial charge in [0.25, 0.3) is 0 Å². The topological polar surface area (TPSA) is 12.0 Å². The third-order valence-corrected chi connectivity index (χ3v) is 3.17. The van der Waals surface area contributed by atoms with Crippen LogP contribution in [0.5, 0.6) is 0 Å². The number of benzene rings is 2. The highest BCUT2D eigenvalue weighted by Crippen LogP contribution is 2.15. The predicted molar refractivity (Wildman–Crippen MR) is 79.2 cm³/mol. The van der Waals surface area contributed by atoms with Gasteiger partial charge >= 0.3 is 0 Å². The van der Waals surface area contributed by atoms with Crippen molar-refractivity contribution in [1.29, 1.82) is 0 Å². The lowest BCUT2D eigenvalue weighted by molar-refractivity contribution is 1.14. The summed E-state index contributed by atoms with van der Waals surface area (Å²) in [6.07, 6.45) is 2.09. The number of hydrogen-bond acceptors (Lipinski definition) is 2. The van der Waals surface area contributed by atoms with Gasteiger partial charge in [0.1, 0.15) is 0 Å². The first-order valence-electron chi connectivity index (χ1n) is 5.30. The van der Waals surface area contributed by atoms with Gasteiger partial charge < -0.3 is 5.32 Å². The SMILES string of the molecule is CSc1ccc(CNc2ccccc2)cc1.Cl. The molecular formula is C14H16ClNS. The molecule has 0 heterocycles. The second kappa shape index (κ2) is 7.25. The summed E-state index contributed by atoms with van der Waals surface area (Å²) in [5, 5.41) is 3.39. The maximum absolute atomic E-state index is 3.39. The monoisotopic (exact) mass is 265 g/mol. The molecule has 0 aromatic heterocycles. The molecule has 17 heavy (non-hydrogen) atoms. The normalized spacial score (nSPS) is 9.47. The molecule has 3 heteroatoms. The van der Waals surface area contributed by atoms with Crippen LogP contribution in [0.2, 0.25) is 0 Å². The smallest absolute Gasteiger partial charge is 0.0400 e. The fourth-order valence-electron chi connectivity index (χ4n) is 1.50. The molecule has 2 rings (SSSR count). The lowest BCUT2D eigenvalue weighted by atomic mass is 10.2. The fourth-order valence-corrected chi connectivity index (χ4v) is 1.91. The molecule has 0 fully saturated rings. The van der Waals surface area contributed by atoms with Gasteiger partial charge in [0.2, 0.25) is 0 Å². The Morgan fingerprint density at radius 2 is 1.59 bits per heavy atom. The standard InChI is InChI=1S/C14H15NS.ClH/c1-16-14-9-7-12(8-10-14)11-15-13-5-3-2-4-6-13;/h2-10,15H,11H2,1H3;1H. The second-order valence-corrected chi connectivity index (χ2v) is 4.45. The van der Waals surface area contributed by atoms with Crippen LogP contribution in [0.25, 0.3) is 0 Å². The molecule has 0 aliphatic rings. The number of halogens is 1. The minimum absolute atomic E-state index is 0. The van der Waals surface area contributed by atoms with E-state index in [4.69, 9.17) is 0 Å². The van der Waals surface area contributed by atoms with Gasteiger partial charge in [-0.2, -0.15) is 0 Å². The summed E-state index contributed by atoms with van der Waals surface area (Å²) in [5.74, 6) is 0. The van der Waals surface area contributed by atoms with Crippen molar-refractivity contribution in [3.8, 4) is 0 Å². The van der Waals surface area contributed by atoms with Crippen LogP contribution in [-0.2, 0) is 6.54 Å². The van der Waals surface area contributed by atoms with Crippen LogP contribution in [0.1, 0.15) is 5.56 Å². The number of thioether (sulfide) groups is 1. The Kier molecular flexibility index (Phi) is 5.95. The van der Waals surface area contributed by atoms with Gasteiger partial charge in [0, 0.05) is 17.1 Å². The van der Waals surface area contributed by atoms with Crippen molar-refractivity contribution in [3.05, 3.63) is 60.2 Å². The van der Waals surface area contributed by atoms with E-state index in [1.807, 2.05) is 18.2 Å². The number of rotatable bonds is 4. The van der Waals surface area contributed by atoms with Gasteiger partial charge in [-0.25, -0.2) is 0 Å². The highest BCUT2D eigenvalue weighted by Gasteiger charge is 1.94. The summed E-state index contributed by atoms with van der Waals surface area (Å²) in [6, 6.07) is 18.9. The summed E-state index contributed by atoms with van der Waals surface area (Å²) < 4.78 is 0. The quantitative estimate of drug-likeness (QED) is 0.820. The molecule has 0 radical (unpaired) electrons. The van der Waals surface area contributed by atoms with Crippen LogP contribution in [0.4, 0.5) is 5.69 Å². The van der Waals surface area contributed by atoms with Crippen molar-refractivity contribution in [2.24, 2.45) is 0 Å². The Labute approximate surface area is 113 Å². The van der Waals surface area contributed by atoms with Gasteiger partial charge in [-0.3, -0.25) is 0 Å². The van der Waals surface area contributed by atoms with Crippen molar-refractivity contribution in [2.45, 2.75) is 11.4 Å². The molecule has 2 aromatic rings. The van der Waals surface area contributed by atoms with Gasteiger partial charge in [-0.15, -0.1) is 24.2 Å². The van der Waals surface area contributed by atoms with Crippen LogP contribution in [-0.4, -0.2) is 6.26 Å². The van der Waals surface area contributed by atoms with E-state index < -0.39 is 0 Å². The highest BCUT2D eigenvalue weighted by molar-refractivity contribution is 7.98. The first kappa shape index (κ1) is 13.9. The Morgan fingerprint density at radius 1 is 0.941 bits per heavy atom. The third-order valence-electron chi connectivity index (χ3n) is 2.43. The lowest BCUT2D eigenvalue weighted by Gasteiger charge is -2.06. The summed E-state index contributed by atoms with van der Waals surface area (Å²) in [7, 11) is 0. The van der Waals surface area contributed by atoms with Crippen molar-refractivity contribution >= 4 is 29.9 Å². The van der Waals surface area contributed by atoms with E-state index >= 15 is 0 Å². The lowest BCUT2D eigenvalue weighted by Crippen LogP contribution is -1.98. The molecule has 0 unspecified atom stereocenters. The van der Waals surface area contributed by atoms with Gasteiger partial charge in [-0.05, 0) is 36.1 Å². The molecule has 0 saturated carbocycles. The number of anilines is 1. The van der Waals surface area contributed by atoms with E-state index in [2.05, 4.69) is 48.0 Å². The average Bonchev–Trinajstić information content (AvgIpc) is 2.38. The molecule has 0 saturated heterocycles. The highest BCUT2D eigenvalue weighted by atomic mass is 35.5. The zero-order chi connectivity index (χ0) is 11.2. The van der Waals surface area contributed by atoms with Gasteiger partial charge in [0.05, 0.1) is 0 Å². The Balaban J connectivity index is 0.00000144. The molecule has 2 aromatic carbocycles. The maximum atomic E-state index is 3.39. The number of hydrogen-bond donors (Lipinski definition) is 1. The Morgan fingerprint density at radius 3 is 2.18 bits per heavy atom. The van der Waals surface area contributed by atoms with Crippen LogP contribution in [0.3, 0.4) is 0 Å². The average molecular weight is 266 g/mol. The van der Waals surface area contributed by atoms with Crippen molar-refractivity contribution < 1.29 is 0 Å². The molecule has 0 spiro atoms. The molecule has 1 N–H and O–H groups in total. The summed E-state index contributed by atoms with van der Waals surface area (Å²) in [6.45, 7) is 0.874. The van der Waals surface area contributed by atoms with Crippen molar-refractivity contribution in [1.82, 2.24) is 0 Å². The summed E-state index contributed by atoms with van der Waals surface area (Å²) in [5.41, 5.74) is 2.47. The molecule has 0 amide bonds. The minimum Gasteiger partial charge on any atom is -0.381 e.